The highest BCUT2D eigenvalue weighted by atomic mass is 19.4. The van der Waals surface area contributed by atoms with E-state index in [1.165, 1.54) is 0 Å². The highest BCUT2D eigenvalue weighted by molar-refractivity contribution is 5.80. The Bertz CT molecular complexity index is 680. The maximum Gasteiger partial charge on any atom is 0.416 e. The molecule has 0 aliphatic carbocycles. The Morgan fingerprint density at radius 2 is 1.97 bits per heavy atom. The van der Waals surface area contributed by atoms with Crippen molar-refractivity contribution in [3.05, 3.63) is 35.4 Å². The van der Waals surface area contributed by atoms with Crippen molar-refractivity contribution in [2.75, 3.05) is 53.4 Å². The lowest BCUT2D eigenvalue weighted by molar-refractivity contribution is -0.137. The van der Waals surface area contributed by atoms with Gasteiger partial charge >= 0.3 is 6.18 Å². The minimum Gasteiger partial charge on any atom is -0.374 e. The molecule has 3 rings (SSSR count). The van der Waals surface area contributed by atoms with E-state index in [2.05, 4.69) is 32.5 Å². The van der Waals surface area contributed by atoms with Gasteiger partial charge in [0.25, 0.3) is 0 Å². The Balaban J connectivity index is 1.42. The third kappa shape index (κ3) is 6.58. The van der Waals surface area contributed by atoms with E-state index in [0.29, 0.717) is 13.1 Å². The second-order valence-electron chi connectivity index (χ2n) is 7.77. The lowest BCUT2D eigenvalue weighted by Gasteiger charge is -2.30. The number of nitrogens with zero attached hydrogens (tertiary/aromatic N) is 3. The van der Waals surface area contributed by atoms with Gasteiger partial charge in [-0.05, 0) is 31.2 Å². The molecular weight excluding hydrogens is 383 g/mol. The largest absolute Gasteiger partial charge is 0.416 e. The van der Waals surface area contributed by atoms with E-state index in [1.807, 2.05) is 0 Å². The van der Waals surface area contributed by atoms with Gasteiger partial charge in [0, 0.05) is 52.4 Å². The quantitative estimate of drug-likeness (QED) is 0.569. The first-order chi connectivity index (χ1) is 13.8. The molecule has 2 heterocycles. The number of ether oxygens (including phenoxy) is 1. The Hall–Kier alpha value is -1.84. The fraction of sp³-hybridized carbons (Fsp3) is 0.650. The fourth-order valence-corrected chi connectivity index (χ4v) is 3.74. The average Bonchev–Trinajstić information content (AvgIpc) is 3.11. The van der Waals surface area contributed by atoms with Crippen LogP contribution in [0.2, 0.25) is 0 Å². The Morgan fingerprint density at radius 1 is 1.21 bits per heavy atom. The zero-order valence-corrected chi connectivity index (χ0v) is 17.0. The molecule has 2 aliphatic heterocycles. The number of rotatable bonds is 5. The summed E-state index contributed by atoms with van der Waals surface area (Å²) in [4.78, 5) is 8.79. The van der Waals surface area contributed by atoms with E-state index in [1.54, 1.807) is 19.2 Å². The van der Waals surface area contributed by atoms with Crippen molar-refractivity contribution in [2.45, 2.75) is 31.3 Å². The number of morpholine rings is 1. The molecule has 2 saturated heterocycles. The number of nitrogens with one attached hydrogen (secondary N) is 2. The van der Waals surface area contributed by atoms with Crippen molar-refractivity contribution in [3.63, 3.8) is 0 Å². The van der Waals surface area contributed by atoms with Gasteiger partial charge in [0.2, 0.25) is 0 Å². The molecule has 1 aromatic carbocycles. The summed E-state index contributed by atoms with van der Waals surface area (Å²) in [5.74, 6) is 0.753. The van der Waals surface area contributed by atoms with Gasteiger partial charge in [-0.2, -0.15) is 13.2 Å². The van der Waals surface area contributed by atoms with E-state index < -0.39 is 11.7 Å². The predicted molar refractivity (Wildman–Crippen MR) is 107 cm³/mol. The second-order valence-corrected chi connectivity index (χ2v) is 7.77. The minimum absolute atomic E-state index is 0.145. The van der Waals surface area contributed by atoms with E-state index in [9.17, 15) is 13.2 Å². The van der Waals surface area contributed by atoms with Crippen molar-refractivity contribution >= 4 is 5.96 Å². The van der Waals surface area contributed by atoms with Crippen LogP contribution in [0.15, 0.2) is 29.3 Å². The van der Waals surface area contributed by atoms with Gasteiger partial charge in [-0.3, -0.25) is 9.89 Å². The van der Waals surface area contributed by atoms with Gasteiger partial charge in [0.15, 0.2) is 5.96 Å². The lowest BCUT2D eigenvalue weighted by atomic mass is 10.1. The van der Waals surface area contributed by atoms with Crippen molar-refractivity contribution in [1.82, 2.24) is 20.4 Å². The number of likely N-dealkylation sites (N-methyl/N-ethyl adjacent to an activating group) is 1. The van der Waals surface area contributed by atoms with Crippen LogP contribution in [-0.4, -0.2) is 81.3 Å². The topological polar surface area (TPSA) is 52.1 Å². The summed E-state index contributed by atoms with van der Waals surface area (Å²) in [6, 6.07) is 5.68. The van der Waals surface area contributed by atoms with Crippen molar-refractivity contribution in [3.8, 4) is 0 Å². The number of guanidine groups is 1. The van der Waals surface area contributed by atoms with Crippen LogP contribution >= 0.6 is 0 Å². The molecule has 1 aromatic rings. The molecule has 2 atom stereocenters. The molecule has 2 aliphatic rings. The predicted octanol–water partition coefficient (Wildman–Crippen LogP) is 1.78. The highest BCUT2D eigenvalue weighted by Crippen LogP contribution is 2.29. The number of hydrogen-bond donors (Lipinski definition) is 2. The van der Waals surface area contributed by atoms with Crippen LogP contribution in [0.5, 0.6) is 0 Å². The number of likely N-dealkylation sites (tertiary alicyclic amines) is 1. The SMILES string of the molecule is CN=C(NCC1CN(C)CCO1)NC1CCN(Cc2ccc(C(F)(F)F)cc2)C1. The summed E-state index contributed by atoms with van der Waals surface area (Å²) in [7, 11) is 3.84. The van der Waals surface area contributed by atoms with Crippen LogP contribution in [0, 0.1) is 0 Å². The first-order valence-corrected chi connectivity index (χ1v) is 9.99. The van der Waals surface area contributed by atoms with Gasteiger partial charge in [-0.15, -0.1) is 0 Å². The third-order valence-corrected chi connectivity index (χ3v) is 5.36. The van der Waals surface area contributed by atoms with Crippen molar-refractivity contribution < 1.29 is 17.9 Å². The molecule has 0 saturated carbocycles. The molecule has 2 fully saturated rings. The number of halogens is 3. The Labute approximate surface area is 170 Å². The lowest BCUT2D eigenvalue weighted by Crippen LogP contribution is -2.50. The molecular formula is C20H30F3N5O. The van der Waals surface area contributed by atoms with Gasteiger partial charge in [0.1, 0.15) is 0 Å². The van der Waals surface area contributed by atoms with Crippen molar-refractivity contribution in [1.29, 1.82) is 0 Å². The van der Waals surface area contributed by atoms with Gasteiger partial charge in [-0.25, -0.2) is 0 Å². The first kappa shape index (κ1) is 21.9. The Morgan fingerprint density at radius 3 is 2.62 bits per heavy atom. The summed E-state index contributed by atoms with van der Waals surface area (Å²) < 4.78 is 43.8. The molecule has 0 bridgehead atoms. The standard InChI is InChI=1S/C20H30F3N5O/c1-24-19(25-11-18-14-27(2)9-10-29-18)26-17-7-8-28(13-17)12-15-3-5-16(6-4-15)20(21,22)23/h3-6,17-18H,7-14H2,1-2H3,(H2,24,25,26). The molecule has 2 unspecified atom stereocenters. The van der Waals surface area contributed by atoms with Crippen LogP contribution in [-0.2, 0) is 17.5 Å². The van der Waals surface area contributed by atoms with E-state index >= 15 is 0 Å². The van der Waals surface area contributed by atoms with Crippen LogP contribution in [0.4, 0.5) is 13.2 Å². The maximum atomic E-state index is 12.7. The summed E-state index contributed by atoms with van der Waals surface area (Å²) in [5, 5.41) is 6.77. The fourth-order valence-electron chi connectivity index (χ4n) is 3.74. The molecule has 29 heavy (non-hydrogen) atoms. The zero-order chi connectivity index (χ0) is 20.9. The summed E-state index contributed by atoms with van der Waals surface area (Å²) in [6.07, 6.45) is -3.18. The second kappa shape index (κ2) is 9.77. The monoisotopic (exact) mass is 413 g/mol. The number of alkyl halides is 3. The number of benzene rings is 1. The molecule has 2 N–H and O–H groups in total. The minimum atomic E-state index is -4.29. The van der Waals surface area contributed by atoms with Crippen LogP contribution < -0.4 is 10.6 Å². The number of aliphatic imine (C=N–C) groups is 1. The molecule has 6 nitrogen and oxygen atoms in total. The van der Waals surface area contributed by atoms with Gasteiger partial charge < -0.3 is 20.3 Å². The summed E-state index contributed by atoms with van der Waals surface area (Å²) >= 11 is 0. The van der Waals surface area contributed by atoms with Gasteiger partial charge in [0.05, 0.1) is 18.3 Å². The molecule has 0 amide bonds. The molecule has 9 heteroatoms. The summed E-state index contributed by atoms with van der Waals surface area (Å²) in [6.45, 7) is 5.66. The number of hydrogen-bond acceptors (Lipinski definition) is 4. The van der Waals surface area contributed by atoms with Gasteiger partial charge in [-0.1, -0.05) is 12.1 Å². The Kier molecular flexibility index (Phi) is 7.37. The third-order valence-electron chi connectivity index (χ3n) is 5.36. The van der Waals surface area contributed by atoms with Crippen molar-refractivity contribution in [2.24, 2.45) is 4.99 Å². The van der Waals surface area contributed by atoms with Crippen LogP contribution in [0.25, 0.3) is 0 Å². The average molecular weight is 413 g/mol. The first-order valence-electron chi connectivity index (χ1n) is 9.99. The van der Waals surface area contributed by atoms with Crippen LogP contribution in [0.1, 0.15) is 17.5 Å². The molecule has 0 aromatic heterocycles. The molecule has 0 radical (unpaired) electrons. The molecule has 0 spiro atoms. The van der Waals surface area contributed by atoms with E-state index in [0.717, 1.165) is 62.9 Å². The highest BCUT2D eigenvalue weighted by Gasteiger charge is 2.30. The smallest absolute Gasteiger partial charge is 0.374 e. The normalized spacial score (nSPS) is 24.7. The van der Waals surface area contributed by atoms with Crippen LogP contribution in [0.3, 0.4) is 0 Å². The van der Waals surface area contributed by atoms with E-state index in [-0.39, 0.29) is 12.1 Å². The molecule has 162 valence electrons. The maximum absolute atomic E-state index is 12.7. The summed E-state index contributed by atoms with van der Waals surface area (Å²) in [5.41, 5.74) is 0.282. The zero-order valence-electron chi connectivity index (χ0n) is 17.0. The van der Waals surface area contributed by atoms with E-state index in [4.69, 9.17) is 4.74 Å².